The van der Waals surface area contributed by atoms with Gasteiger partial charge in [-0.15, -0.1) is 0 Å². The van der Waals surface area contributed by atoms with Crippen LogP contribution in [0, 0.1) is 13.8 Å². The molecule has 0 saturated heterocycles. The van der Waals surface area contributed by atoms with Gasteiger partial charge in [0.05, 0.1) is 11.8 Å². The van der Waals surface area contributed by atoms with Crippen LogP contribution in [0.15, 0.2) is 57.6 Å². The van der Waals surface area contributed by atoms with Crippen molar-refractivity contribution in [1.82, 2.24) is 15.2 Å². The highest BCUT2D eigenvalue weighted by Crippen LogP contribution is 2.23. The van der Waals surface area contributed by atoms with E-state index in [0.29, 0.717) is 18.7 Å². The molecule has 7 heteroatoms. The molecule has 0 spiro atoms. The predicted octanol–water partition coefficient (Wildman–Crippen LogP) is 3.61. The van der Waals surface area contributed by atoms with Crippen molar-refractivity contribution >= 4 is 27.7 Å². The zero-order chi connectivity index (χ0) is 19.4. The number of aromatic nitrogens is 1. The van der Waals surface area contributed by atoms with Crippen molar-refractivity contribution in [2.75, 3.05) is 13.1 Å². The summed E-state index contributed by atoms with van der Waals surface area (Å²) in [6.07, 6.45) is 1.44. The fourth-order valence-electron chi connectivity index (χ4n) is 2.95. The first kappa shape index (κ1) is 19.0. The molecule has 27 heavy (non-hydrogen) atoms. The van der Waals surface area contributed by atoms with Crippen LogP contribution in [-0.4, -0.2) is 29.5 Å². The number of amides is 2. The minimum absolute atomic E-state index is 0.170. The minimum Gasteiger partial charge on any atom is -0.459 e. The van der Waals surface area contributed by atoms with Crippen molar-refractivity contribution in [2.24, 2.45) is 0 Å². The van der Waals surface area contributed by atoms with E-state index in [1.165, 1.54) is 6.26 Å². The monoisotopic (exact) mass is 429 g/mol. The molecule has 0 atom stereocenters. The van der Waals surface area contributed by atoms with Gasteiger partial charge in [-0.3, -0.25) is 9.59 Å². The molecule has 0 unspecified atom stereocenters. The molecule has 3 aromatic rings. The molecular weight excluding hydrogens is 410 g/mol. The Hall–Kier alpha value is -2.80. The average molecular weight is 430 g/mol. The number of furan rings is 1. The summed E-state index contributed by atoms with van der Waals surface area (Å²) in [6.45, 7) is 4.53. The first-order valence-electron chi connectivity index (χ1n) is 8.52. The number of nitrogens with zero attached hydrogens (tertiary/aromatic N) is 1. The Balaban J connectivity index is 1.62. The van der Waals surface area contributed by atoms with Crippen LogP contribution in [0.2, 0.25) is 0 Å². The van der Waals surface area contributed by atoms with E-state index in [4.69, 9.17) is 4.42 Å². The zero-order valence-corrected chi connectivity index (χ0v) is 16.7. The second-order valence-corrected chi connectivity index (χ2v) is 7.00. The van der Waals surface area contributed by atoms with Crippen LogP contribution in [0.25, 0.3) is 5.69 Å². The highest BCUT2D eigenvalue weighted by Gasteiger charge is 2.16. The van der Waals surface area contributed by atoms with Crippen LogP contribution in [0.5, 0.6) is 0 Å². The van der Waals surface area contributed by atoms with Gasteiger partial charge in [0.15, 0.2) is 5.76 Å². The van der Waals surface area contributed by atoms with E-state index in [0.717, 1.165) is 21.5 Å². The molecule has 3 rings (SSSR count). The Bertz CT molecular complexity index is 961. The number of carbonyl (C=O) groups excluding carboxylic acids is 2. The van der Waals surface area contributed by atoms with Crippen molar-refractivity contribution in [2.45, 2.75) is 13.8 Å². The van der Waals surface area contributed by atoms with Crippen molar-refractivity contribution in [3.8, 4) is 5.69 Å². The number of hydrogen-bond donors (Lipinski definition) is 2. The maximum absolute atomic E-state index is 12.5. The summed E-state index contributed by atoms with van der Waals surface area (Å²) in [5.74, 6) is -0.224. The summed E-state index contributed by atoms with van der Waals surface area (Å²) in [7, 11) is 0. The highest BCUT2D eigenvalue weighted by atomic mass is 79.9. The fraction of sp³-hybridized carbons (Fsp3) is 0.200. The van der Waals surface area contributed by atoms with Crippen LogP contribution in [-0.2, 0) is 0 Å². The summed E-state index contributed by atoms with van der Waals surface area (Å²) < 4.78 is 8.04. The van der Waals surface area contributed by atoms with Crippen molar-refractivity contribution in [1.29, 1.82) is 0 Å². The van der Waals surface area contributed by atoms with E-state index in [1.807, 2.05) is 48.7 Å². The van der Waals surface area contributed by atoms with Gasteiger partial charge < -0.3 is 19.6 Å². The number of halogens is 1. The Morgan fingerprint density at radius 1 is 1.04 bits per heavy atom. The Morgan fingerprint density at radius 3 is 2.44 bits per heavy atom. The van der Waals surface area contributed by atoms with E-state index in [-0.39, 0.29) is 17.6 Å². The van der Waals surface area contributed by atoms with E-state index < -0.39 is 0 Å². The first-order valence-corrected chi connectivity index (χ1v) is 9.31. The third-order valence-corrected chi connectivity index (χ3v) is 4.68. The Kier molecular flexibility index (Phi) is 5.81. The van der Waals surface area contributed by atoms with Crippen molar-refractivity contribution in [3.63, 3.8) is 0 Å². The van der Waals surface area contributed by atoms with E-state index in [1.54, 1.807) is 12.1 Å². The number of hydrogen-bond acceptors (Lipinski definition) is 3. The summed E-state index contributed by atoms with van der Waals surface area (Å²) >= 11 is 3.48. The molecular formula is C20H20BrN3O3. The summed E-state index contributed by atoms with van der Waals surface area (Å²) in [4.78, 5) is 24.3. The van der Waals surface area contributed by atoms with E-state index >= 15 is 0 Å². The van der Waals surface area contributed by atoms with Crippen LogP contribution in [0.3, 0.4) is 0 Å². The van der Waals surface area contributed by atoms with Crippen LogP contribution in [0.1, 0.15) is 32.3 Å². The topological polar surface area (TPSA) is 76.3 Å². The lowest BCUT2D eigenvalue weighted by Gasteiger charge is -2.10. The standard InChI is InChI=1S/C20H20BrN3O3/c1-13-11-17(14(2)24(13)16-6-3-5-15(21)12-16)19(25)22-8-9-23-20(26)18-7-4-10-27-18/h3-7,10-12H,8-9H2,1-2H3,(H,22,25)(H,23,26). The third-order valence-electron chi connectivity index (χ3n) is 4.18. The molecule has 0 bridgehead atoms. The average Bonchev–Trinajstić information content (AvgIpc) is 3.27. The van der Waals surface area contributed by atoms with E-state index in [2.05, 4.69) is 26.6 Å². The summed E-state index contributed by atoms with van der Waals surface area (Å²) in [6, 6.07) is 13.0. The summed E-state index contributed by atoms with van der Waals surface area (Å²) in [5, 5.41) is 5.53. The fourth-order valence-corrected chi connectivity index (χ4v) is 3.33. The van der Waals surface area contributed by atoms with Gasteiger partial charge in [0.25, 0.3) is 11.8 Å². The maximum Gasteiger partial charge on any atom is 0.287 e. The van der Waals surface area contributed by atoms with Gasteiger partial charge in [0.1, 0.15) is 0 Å². The predicted molar refractivity (Wildman–Crippen MR) is 106 cm³/mol. The lowest BCUT2D eigenvalue weighted by Crippen LogP contribution is -2.34. The van der Waals surface area contributed by atoms with Gasteiger partial charge in [0, 0.05) is 34.6 Å². The molecule has 0 aliphatic carbocycles. The van der Waals surface area contributed by atoms with Crippen molar-refractivity contribution in [3.05, 3.63) is 75.9 Å². The Morgan fingerprint density at radius 2 is 1.78 bits per heavy atom. The maximum atomic E-state index is 12.5. The molecule has 1 aromatic carbocycles. The zero-order valence-electron chi connectivity index (χ0n) is 15.1. The largest absolute Gasteiger partial charge is 0.459 e. The summed E-state index contributed by atoms with van der Waals surface area (Å²) in [5.41, 5.74) is 3.44. The van der Waals surface area contributed by atoms with Crippen LogP contribution in [0.4, 0.5) is 0 Å². The molecule has 2 aromatic heterocycles. The molecule has 6 nitrogen and oxygen atoms in total. The minimum atomic E-state index is -0.304. The molecule has 0 aliphatic heterocycles. The van der Waals surface area contributed by atoms with Gasteiger partial charge in [0.2, 0.25) is 0 Å². The molecule has 0 radical (unpaired) electrons. The van der Waals surface area contributed by atoms with Crippen molar-refractivity contribution < 1.29 is 14.0 Å². The van der Waals surface area contributed by atoms with Gasteiger partial charge in [-0.05, 0) is 50.2 Å². The molecule has 2 N–H and O–H groups in total. The number of rotatable bonds is 6. The molecule has 0 fully saturated rings. The molecule has 2 heterocycles. The number of nitrogens with one attached hydrogen (secondary N) is 2. The molecule has 0 aliphatic rings. The van der Waals surface area contributed by atoms with E-state index in [9.17, 15) is 9.59 Å². The molecule has 140 valence electrons. The van der Waals surface area contributed by atoms with Crippen LogP contribution >= 0.6 is 15.9 Å². The van der Waals surface area contributed by atoms with Gasteiger partial charge >= 0.3 is 0 Å². The van der Waals surface area contributed by atoms with Gasteiger partial charge in [-0.2, -0.15) is 0 Å². The Labute approximate surface area is 165 Å². The smallest absolute Gasteiger partial charge is 0.287 e. The lowest BCUT2D eigenvalue weighted by atomic mass is 10.2. The number of aryl methyl sites for hydroxylation is 1. The number of benzene rings is 1. The highest BCUT2D eigenvalue weighted by molar-refractivity contribution is 9.10. The molecule has 2 amide bonds. The SMILES string of the molecule is Cc1cc(C(=O)NCCNC(=O)c2ccco2)c(C)n1-c1cccc(Br)c1. The van der Waals surface area contributed by atoms with Gasteiger partial charge in [-0.1, -0.05) is 22.0 Å². The van der Waals surface area contributed by atoms with Crippen LogP contribution < -0.4 is 10.6 Å². The quantitative estimate of drug-likeness (QED) is 0.587. The first-order chi connectivity index (χ1) is 13.0. The molecule has 0 saturated carbocycles. The second-order valence-electron chi connectivity index (χ2n) is 6.09. The lowest BCUT2D eigenvalue weighted by molar-refractivity contribution is 0.0910. The van der Waals surface area contributed by atoms with Gasteiger partial charge in [-0.25, -0.2) is 0 Å². The normalized spacial score (nSPS) is 10.6. The second kappa shape index (κ2) is 8.26. The number of carbonyl (C=O) groups is 2. The third kappa shape index (κ3) is 4.31.